The Morgan fingerprint density at radius 2 is 1.69 bits per heavy atom. The molecule has 0 spiro atoms. The largest absolute Gasteiger partial charge is 0.316 e. The molecule has 0 radical (unpaired) electrons. The van der Waals surface area contributed by atoms with Gasteiger partial charge in [0.1, 0.15) is 0 Å². The van der Waals surface area contributed by atoms with Gasteiger partial charge in [0.25, 0.3) is 0 Å². The van der Waals surface area contributed by atoms with E-state index in [4.69, 9.17) is 11.6 Å². The van der Waals surface area contributed by atoms with Gasteiger partial charge < -0.3 is 9.97 Å². The highest BCUT2D eigenvalue weighted by Crippen LogP contribution is 2.35. The minimum atomic E-state index is -3.89. The van der Waals surface area contributed by atoms with Crippen molar-refractivity contribution in [3.63, 3.8) is 0 Å². The summed E-state index contributed by atoms with van der Waals surface area (Å²) in [7, 11) is -7.42. The lowest BCUT2D eigenvalue weighted by atomic mass is 10.1. The van der Waals surface area contributed by atoms with Gasteiger partial charge in [-0.05, 0) is 18.6 Å². The quantitative estimate of drug-likeness (QED) is 0.532. The van der Waals surface area contributed by atoms with E-state index in [-0.39, 0.29) is 34.8 Å². The first kappa shape index (κ1) is 20.4. The normalized spacial score (nSPS) is 12.5. The van der Waals surface area contributed by atoms with Crippen LogP contribution in [-0.4, -0.2) is 52.4 Å². The summed E-state index contributed by atoms with van der Waals surface area (Å²) in [6, 6.07) is 1.49. The fourth-order valence-electron chi connectivity index (χ4n) is 2.36. The van der Waals surface area contributed by atoms with E-state index in [0.717, 1.165) is 16.8 Å². The number of fused-ring (bicyclic) bond motifs is 1. The summed E-state index contributed by atoms with van der Waals surface area (Å²) in [5.74, 6) is 0. The zero-order chi connectivity index (χ0) is 19.9. The van der Waals surface area contributed by atoms with Crippen LogP contribution in [0, 0.1) is 6.92 Å². The SMILES string of the molecule is Cc1cc2[nH]c(=O)c(=O)[nH]c2c(N(CCNS(C)(=O)=O)S(C)(=O)=O)c1Cl. The molecular weight excluding hydrogens is 408 g/mol. The van der Waals surface area contributed by atoms with Crippen LogP contribution in [0.1, 0.15) is 5.56 Å². The Labute approximate surface area is 154 Å². The number of sulfonamides is 2. The number of nitrogens with zero attached hydrogens (tertiary/aromatic N) is 1. The van der Waals surface area contributed by atoms with Crippen LogP contribution in [0.3, 0.4) is 0 Å². The average Bonchev–Trinajstić information content (AvgIpc) is 2.46. The Hall–Kier alpha value is -1.89. The number of anilines is 1. The maximum absolute atomic E-state index is 12.3. The van der Waals surface area contributed by atoms with Crippen molar-refractivity contribution in [2.24, 2.45) is 0 Å². The molecule has 10 nitrogen and oxygen atoms in total. The summed E-state index contributed by atoms with van der Waals surface area (Å²) in [5, 5.41) is 0.0463. The van der Waals surface area contributed by atoms with Crippen molar-refractivity contribution in [1.29, 1.82) is 0 Å². The fraction of sp³-hybridized carbons (Fsp3) is 0.385. The number of halogens is 1. The molecule has 26 heavy (non-hydrogen) atoms. The monoisotopic (exact) mass is 424 g/mol. The summed E-state index contributed by atoms with van der Waals surface area (Å²) < 4.78 is 50.1. The molecule has 0 aliphatic carbocycles. The summed E-state index contributed by atoms with van der Waals surface area (Å²) >= 11 is 6.28. The number of hydrogen-bond donors (Lipinski definition) is 3. The van der Waals surface area contributed by atoms with E-state index >= 15 is 0 Å². The Bertz CT molecular complexity index is 1180. The molecule has 144 valence electrons. The maximum Gasteiger partial charge on any atom is 0.314 e. The number of aryl methyl sites for hydroxylation is 1. The minimum Gasteiger partial charge on any atom is -0.316 e. The second-order valence-electron chi connectivity index (χ2n) is 5.69. The summed E-state index contributed by atoms with van der Waals surface area (Å²) in [4.78, 5) is 27.9. The Morgan fingerprint density at radius 1 is 1.12 bits per heavy atom. The van der Waals surface area contributed by atoms with E-state index in [9.17, 15) is 26.4 Å². The van der Waals surface area contributed by atoms with E-state index in [2.05, 4.69) is 14.7 Å². The zero-order valence-corrected chi connectivity index (χ0v) is 16.5. The first-order valence-corrected chi connectivity index (χ1v) is 11.3. The maximum atomic E-state index is 12.3. The van der Waals surface area contributed by atoms with Crippen molar-refractivity contribution < 1.29 is 16.8 Å². The number of H-pyrrole nitrogens is 2. The average molecular weight is 425 g/mol. The van der Waals surface area contributed by atoms with Gasteiger partial charge in [0.15, 0.2) is 0 Å². The molecule has 0 aliphatic rings. The summed E-state index contributed by atoms with van der Waals surface area (Å²) in [6.45, 7) is 1.11. The van der Waals surface area contributed by atoms with Gasteiger partial charge in [-0.2, -0.15) is 0 Å². The first-order valence-electron chi connectivity index (χ1n) is 7.19. The smallest absolute Gasteiger partial charge is 0.314 e. The van der Waals surface area contributed by atoms with Crippen molar-refractivity contribution in [2.45, 2.75) is 6.92 Å². The molecule has 0 saturated carbocycles. The molecule has 0 unspecified atom stereocenters. The van der Waals surface area contributed by atoms with E-state index in [0.29, 0.717) is 5.56 Å². The molecule has 0 atom stereocenters. The molecule has 2 rings (SSSR count). The lowest BCUT2D eigenvalue weighted by molar-refractivity contribution is 0.583. The standard InChI is InChI=1S/C13H17ClN4O6S2/c1-7-6-8-10(17-13(20)12(19)16-8)11(9(7)14)18(26(3,23)24)5-4-15-25(2,21)22/h6,15H,4-5H2,1-3H3,(H,16,19)(H,17,20). The Balaban J connectivity index is 2.73. The fourth-order valence-corrected chi connectivity index (χ4v) is 4.06. The number of aromatic nitrogens is 2. The summed E-state index contributed by atoms with van der Waals surface area (Å²) in [5.41, 5.74) is -1.24. The summed E-state index contributed by atoms with van der Waals surface area (Å²) in [6.07, 6.45) is 1.86. The molecule has 1 aromatic heterocycles. The topological polar surface area (TPSA) is 149 Å². The molecule has 0 fully saturated rings. The lowest BCUT2D eigenvalue weighted by Crippen LogP contribution is -2.39. The number of nitrogens with one attached hydrogen (secondary N) is 3. The van der Waals surface area contributed by atoms with Crippen LogP contribution in [0.25, 0.3) is 11.0 Å². The third-order valence-corrected chi connectivity index (χ3v) is 5.81. The number of hydrogen-bond acceptors (Lipinski definition) is 6. The second kappa shape index (κ2) is 7.02. The predicted molar refractivity (Wildman–Crippen MR) is 100.0 cm³/mol. The number of benzene rings is 1. The first-order chi connectivity index (χ1) is 11.8. The molecular formula is C13H17ClN4O6S2. The molecule has 0 amide bonds. The highest BCUT2D eigenvalue weighted by Gasteiger charge is 2.25. The third kappa shape index (κ3) is 4.44. The van der Waals surface area contributed by atoms with Crippen LogP contribution in [0.15, 0.2) is 15.7 Å². The highest BCUT2D eigenvalue weighted by atomic mass is 35.5. The van der Waals surface area contributed by atoms with Gasteiger partial charge in [0.05, 0.1) is 34.3 Å². The molecule has 0 saturated heterocycles. The van der Waals surface area contributed by atoms with Crippen molar-refractivity contribution in [3.8, 4) is 0 Å². The molecule has 1 aromatic carbocycles. The number of rotatable bonds is 6. The van der Waals surface area contributed by atoms with Gasteiger partial charge >= 0.3 is 11.1 Å². The van der Waals surface area contributed by atoms with E-state index in [1.807, 2.05) is 0 Å². The molecule has 0 aliphatic heterocycles. The molecule has 2 aromatic rings. The van der Waals surface area contributed by atoms with Crippen LogP contribution in [0.4, 0.5) is 5.69 Å². The van der Waals surface area contributed by atoms with Crippen LogP contribution >= 0.6 is 11.6 Å². The second-order valence-corrected chi connectivity index (χ2v) is 9.81. The van der Waals surface area contributed by atoms with Crippen LogP contribution in [0.2, 0.25) is 5.02 Å². The molecule has 13 heteroatoms. The van der Waals surface area contributed by atoms with Crippen molar-refractivity contribution in [2.75, 3.05) is 29.9 Å². The highest BCUT2D eigenvalue weighted by molar-refractivity contribution is 7.92. The zero-order valence-electron chi connectivity index (χ0n) is 14.1. The van der Waals surface area contributed by atoms with E-state index in [1.54, 1.807) is 6.92 Å². The number of aromatic amines is 2. The van der Waals surface area contributed by atoms with Crippen LogP contribution < -0.4 is 20.1 Å². The van der Waals surface area contributed by atoms with E-state index < -0.39 is 31.2 Å². The molecule has 0 bridgehead atoms. The molecule has 1 heterocycles. The van der Waals surface area contributed by atoms with Gasteiger partial charge in [-0.15, -0.1) is 0 Å². The van der Waals surface area contributed by atoms with Gasteiger partial charge in [-0.3, -0.25) is 13.9 Å². The van der Waals surface area contributed by atoms with Crippen LogP contribution in [-0.2, 0) is 20.0 Å². The van der Waals surface area contributed by atoms with Crippen molar-refractivity contribution in [3.05, 3.63) is 37.4 Å². The van der Waals surface area contributed by atoms with Gasteiger partial charge in [0.2, 0.25) is 20.0 Å². The Morgan fingerprint density at radius 3 is 2.23 bits per heavy atom. The van der Waals surface area contributed by atoms with E-state index in [1.165, 1.54) is 6.07 Å². The van der Waals surface area contributed by atoms with Gasteiger partial charge in [-0.1, -0.05) is 11.6 Å². The van der Waals surface area contributed by atoms with Gasteiger partial charge in [0, 0.05) is 13.1 Å². The minimum absolute atomic E-state index is 0.0231. The van der Waals surface area contributed by atoms with Crippen molar-refractivity contribution in [1.82, 2.24) is 14.7 Å². The van der Waals surface area contributed by atoms with Gasteiger partial charge in [-0.25, -0.2) is 21.6 Å². The molecule has 3 N–H and O–H groups in total. The lowest BCUT2D eigenvalue weighted by Gasteiger charge is -2.25. The predicted octanol–water partition coefficient (Wildman–Crippen LogP) is -0.507. The van der Waals surface area contributed by atoms with Crippen LogP contribution in [0.5, 0.6) is 0 Å². The van der Waals surface area contributed by atoms with Crippen molar-refractivity contribution >= 4 is 48.4 Å². The third-order valence-electron chi connectivity index (χ3n) is 3.44. The Kier molecular flexibility index (Phi) is 5.52.